The molecule has 0 aliphatic carbocycles. The second-order valence-electron chi connectivity index (χ2n) is 4.43. The third-order valence-electron chi connectivity index (χ3n) is 2.94. The lowest BCUT2D eigenvalue weighted by Crippen LogP contribution is -2.01. The molecule has 2 rings (SSSR count). The van der Waals surface area contributed by atoms with Crippen molar-refractivity contribution in [2.45, 2.75) is 20.4 Å². The predicted octanol–water partition coefficient (Wildman–Crippen LogP) is 4.38. The molecule has 2 aromatic carbocycles. The molecule has 94 valence electrons. The summed E-state index contributed by atoms with van der Waals surface area (Å²) in [4.78, 5) is 0. The molecule has 18 heavy (non-hydrogen) atoms. The van der Waals surface area contributed by atoms with Crippen LogP contribution in [0.25, 0.3) is 0 Å². The van der Waals surface area contributed by atoms with E-state index in [2.05, 4.69) is 33.4 Å². The van der Waals surface area contributed by atoms with Gasteiger partial charge in [0.15, 0.2) is 0 Å². The Bertz CT molecular complexity index is 549. The number of phenolic OH excluding ortho intramolecular Hbond substituents is 1. The summed E-state index contributed by atoms with van der Waals surface area (Å²) in [7, 11) is 0. The number of anilines is 1. The largest absolute Gasteiger partial charge is 0.508 e. The van der Waals surface area contributed by atoms with Gasteiger partial charge in [-0.05, 0) is 54.8 Å². The number of aromatic hydroxyl groups is 1. The van der Waals surface area contributed by atoms with Gasteiger partial charge in [0.2, 0.25) is 0 Å². The number of benzene rings is 2. The first-order valence-electron chi connectivity index (χ1n) is 5.85. The van der Waals surface area contributed by atoms with Crippen molar-refractivity contribution in [1.29, 1.82) is 0 Å². The van der Waals surface area contributed by atoms with E-state index in [0.717, 1.165) is 27.8 Å². The van der Waals surface area contributed by atoms with Gasteiger partial charge in [-0.25, -0.2) is 0 Å². The molecular formula is C15H16BrNO. The molecule has 0 saturated heterocycles. The maximum atomic E-state index is 9.61. The van der Waals surface area contributed by atoms with Gasteiger partial charge in [-0.1, -0.05) is 28.1 Å². The van der Waals surface area contributed by atoms with Crippen LogP contribution in [0.5, 0.6) is 5.75 Å². The van der Waals surface area contributed by atoms with Crippen molar-refractivity contribution in [2.24, 2.45) is 0 Å². The van der Waals surface area contributed by atoms with Crippen molar-refractivity contribution in [3.63, 3.8) is 0 Å². The number of hydrogen-bond acceptors (Lipinski definition) is 2. The van der Waals surface area contributed by atoms with E-state index >= 15 is 0 Å². The second kappa shape index (κ2) is 5.44. The lowest BCUT2D eigenvalue weighted by molar-refractivity contribution is 0.471. The molecule has 0 heterocycles. The summed E-state index contributed by atoms with van der Waals surface area (Å²) >= 11 is 3.42. The van der Waals surface area contributed by atoms with Crippen LogP contribution < -0.4 is 5.32 Å². The van der Waals surface area contributed by atoms with E-state index < -0.39 is 0 Å². The normalized spacial score (nSPS) is 10.4. The van der Waals surface area contributed by atoms with Gasteiger partial charge in [0.1, 0.15) is 5.75 Å². The van der Waals surface area contributed by atoms with E-state index in [-0.39, 0.29) is 0 Å². The molecule has 0 saturated carbocycles. The van der Waals surface area contributed by atoms with Crippen LogP contribution in [0.2, 0.25) is 0 Å². The molecular weight excluding hydrogens is 290 g/mol. The summed E-state index contributed by atoms with van der Waals surface area (Å²) in [6, 6.07) is 12.0. The SMILES string of the molecule is Cc1cc(NCc2ccc(Br)cc2)c(C)cc1O. The van der Waals surface area contributed by atoms with Crippen molar-refractivity contribution in [3.05, 3.63) is 57.6 Å². The standard InChI is InChI=1S/C15H16BrNO/c1-10-8-15(18)11(2)7-14(10)17-9-12-3-5-13(16)6-4-12/h3-8,17-18H,9H2,1-2H3. The van der Waals surface area contributed by atoms with Crippen molar-refractivity contribution < 1.29 is 5.11 Å². The Morgan fingerprint density at radius 1 is 1.06 bits per heavy atom. The molecule has 3 heteroatoms. The maximum absolute atomic E-state index is 9.61. The highest BCUT2D eigenvalue weighted by Gasteiger charge is 2.03. The lowest BCUT2D eigenvalue weighted by Gasteiger charge is -2.11. The summed E-state index contributed by atoms with van der Waals surface area (Å²) in [5, 5.41) is 13.0. The highest BCUT2D eigenvalue weighted by atomic mass is 79.9. The van der Waals surface area contributed by atoms with Crippen LogP contribution in [0.15, 0.2) is 40.9 Å². The molecule has 0 aliphatic rings. The Morgan fingerprint density at radius 3 is 2.39 bits per heavy atom. The molecule has 0 bridgehead atoms. The van der Waals surface area contributed by atoms with Gasteiger partial charge in [0.25, 0.3) is 0 Å². The third-order valence-corrected chi connectivity index (χ3v) is 3.47. The zero-order valence-corrected chi connectivity index (χ0v) is 12.1. The molecule has 2 nitrogen and oxygen atoms in total. The second-order valence-corrected chi connectivity index (χ2v) is 5.35. The van der Waals surface area contributed by atoms with E-state index in [1.165, 1.54) is 5.56 Å². The molecule has 0 aromatic heterocycles. The third kappa shape index (κ3) is 3.05. The monoisotopic (exact) mass is 305 g/mol. The molecule has 0 unspecified atom stereocenters. The van der Waals surface area contributed by atoms with E-state index in [0.29, 0.717) is 5.75 Å². The van der Waals surface area contributed by atoms with Gasteiger partial charge in [-0.2, -0.15) is 0 Å². The molecule has 0 amide bonds. The quantitative estimate of drug-likeness (QED) is 0.825. The Labute approximate surface area is 116 Å². The Kier molecular flexibility index (Phi) is 3.92. The number of aryl methyl sites for hydroxylation is 2. The zero-order chi connectivity index (χ0) is 13.1. The number of rotatable bonds is 3. The van der Waals surface area contributed by atoms with Gasteiger partial charge in [0.05, 0.1) is 0 Å². The highest BCUT2D eigenvalue weighted by molar-refractivity contribution is 9.10. The molecule has 0 aliphatic heterocycles. The topological polar surface area (TPSA) is 32.3 Å². The number of phenols is 1. The first-order valence-corrected chi connectivity index (χ1v) is 6.64. The minimum absolute atomic E-state index is 0.349. The molecule has 2 N–H and O–H groups in total. The summed E-state index contributed by atoms with van der Waals surface area (Å²) < 4.78 is 1.09. The lowest BCUT2D eigenvalue weighted by atomic mass is 10.1. The molecule has 0 atom stereocenters. The first kappa shape index (κ1) is 13.0. The molecule has 0 spiro atoms. The highest BCUT2D eigenvalue weighted by Crippen LogP contribution is 2.25. The van der Waals surface area contributed by atoms with Gasteiger partial charge in [-0.15, -0.1) is 0 Å². The Balaban J connectivity index is 2.10. The first-order chi connectivity index (χ1) is 8.56. The smallest absolute Gasteiger partial charge is 0.118 e. The van der Waals surface area contributed by atoms with Crippen molar-refractivity contribution in [1.82, 2.24) is 0 Å². The summed E-state index contributed by atoms with van der Waals surface area (Å²) in [6.45, 7) is 4.67. The van der Waals surface area contributed by atoms with Crippen LogP contribution in [0.1, 0.15) is 16.7 Å². The number of nitrogens with one attached hydrogen (secondary N) is 1. The fraction of sp³-hybridized carbons (Fsp3) is 0.200. The van der Waals surface area contributed by atoms with Crippen LogP contribution in [0.3, 0.4) is 0 Å². The molecule has 0 fully saturated rings. The van der Waals surface area contributed by atoms with Gasteiger partial charge in [0, 0.05) is 16.7 Å². The fourth-order valence-corrected chi connectivity index (χ4v) is 2.06. The van der Waals surface area contributed by atoms with E-state index in [1.54, 1.807) is 6.07 Å². The van der Waals surface area contributed by atoms with Gasteiger partial charge >= 0.3 is 0 Å². The van der Waals surface area contributed by atoms with Crippen molar-refractivity contribution in [3.8, 4) is 5.75 Å². The zero-order valence-electron chi connectivity index (χ0n) is 10.5. The van der Waals surface area contributed by atoms with Gasteiger partial charge < -0.3 is 10.4 Å². The van der Waals surface area contributed by atoms with Crippen LogP contribution in [0, 0.1) is 13.8 Å². The summed E-state index contributed by atoms with van der Waals surface area (Å²) in [5.74, 6) is 0.349. The Hall–Kier alpha value is -1.48. The van der Waals surface area contributed by atoms with Crippen LogP contribution in [-0.4, -0.2) is 5.11 Å². The average molecular weight is 306 g/mol. The fourth-order valence-electron chi connectivity index (χ4n) is 1.79. The van der Waals surface area contributed by atoms with E-state index in [1.807, 2.05) is 32.0 Å². The summed E-state index contributed by atoms with van der Waals surface area (Å²) in [5.41, 5.74) is 4.23. The average Bonchev–Trinajstić information content (AvgIpc) is 2.34. The minimum atomic E-state index is 0.349. The van der Waals surface area contributed by atoms with Gasteiger partial charge in [-0.3, -0.25) is 0 Å². The minimum Gasteiger partial charge on any atom is -0.508 e. The van der Waals surface area contributed by atoms with E-state index in [9.17, 15) is 5.11 Å². The maximum Gasteiger partial charge on any atom is 0.118 e. The van der Waals surface area contributed by atoms with Crippen molar-refractivity contribution in [2.75, 3.05) is 5.32 Å². The number of halogens is 1. The molecule has 0 radical (unpaired) electrons. The van der Waals surface area contributed by atoms with E-state index in [4.69, 9.17) is 0 Å². The predicted molar refractivity (Wildman–Crippen MR) is 79.0 cm³/mol. The summed E-state index contributed by atoms with van der Waals surface area (Å²) in [6.07, 6.45) is 0. The Morgan fingerprint density at radius 2 is 1.72 bits per heavy atom. The van der Waals surface area contributed by atoms with Crippen molar-refractivity contribution >= 4 is 21.6 Å². The number of hydrogen-bond donors (Lipinski definition) is 2. The van der Waals surface area contributed by atoms with Crippen LogP contribution in [0.4, 0.5) is 5.69 Å². The van der Waals surface area contributed by atoms with Crippen LogP contribution in [-0.2, 0) is 6.54 Å². The van der Waals surface area contributed by atoms with Crippen LogP contribution >= 0.6 is 15.9 Å². The molecule has 2 aromatic rings.